The van der Waals surface area contributed by atoms with Crippen LogP contribution in [0.25, 0.3) is 0 Å². The van der Waals surface area contributed by atoms with Crippen LogP contribution < -0.4 is 10.1 Å². The highest BCUT2D eigenvalue weighted by Gasteiger charge is 2.29. The van der Waals surface area contributed by atoms with Crippen LogP contribution in [0.3, 0.4) is 0 Å². The van der Waals surface area contributed by atoms with Crippen molar-refractivity contribution in [2.75, 3.05) is 6.61 Å². The molecular formula is C26H35BrN2O3. The van der Waals surface area contributed by atoms with Gasteiger partial charge >= 0.3 is 0 Å². The van der Waals surface area contributed by atoms with Crippen molar-refractivity contribution in [3.63, 3.8) is 0 Å². The Morgan fingerprint density at radius 2 is 1.72 bits per heavy atom. The summed E-state index contributed by atoms with van der Waals surface area (Å²) in [5.74, 6) is 0.658. The zero-order valence-electron chi connectivity index (χ0n) is 19.7. The molecule has 6 heteroatoms. The molecule has 0 fully saturated rings. The van der Waals surface area contributed by atoms with Gasteiger partial charge in [0.25, 0.3) is 5.91 Å². The van der Waals surface area contributed by atoms with Gasteiger partial charge in [0.2, 0.25) is 5.91 Å². The summed E-state index contributed by atoms with van der Waals surface area (Å²) < 4.78 is 6.67. The van der Waals surface area contributed by atoms with Gasteiger partial charge in [-0.1, -0.05) is 64.1 Å². The number of amides is 2. The van der Waals surface area contributed by atoms with Gasteiger partial charge in [0.05, 0.1) is 4.47 Å². The molecule has 0 aliphatic heterocycles. The largest absolute Gasteiger partial charge is 0.483 e. The molecule has 0 unspecified atom stereocenters. The number of halogens is 1. The van der Waals surface area contributed by atoms with Crippen molar-refractivity contribution in [1.82, 2.24) is 10.2 Å². The fraction of sp³-hybridized carbons (Fsp3) is 0.462. The minimum atomic E-state index is -0.563. The predicted octanol–water partition coefficient (Wildman–Crippen LogP) is 5.67. The second-order valence-electron chi connectivity index (χ2n) is 8.38. The first-order valence-corrected chi connectivity index (χ1v) is 12.1. The maximum absolute atomic E-state index is 13.3. The minimum Gasteiger partial charge on any atom is -0.483 e. The zero-order chi connectivity index (χ0) is 23.7. The summed E-state index contributed by atoms with van der Waals surface area (Å²) in [6, 6.07) is 15.1. The first-order chi connectivity index (χ1) is 15.3. The molecule has 0 bridgehead atoms. The van der Waals surface area contributed by atoms with Gasteiger partial charge < -0.3 is 15.0 Å². The summed E-state index contributed by atoms with van der Waals surface area (Å²) in [5, 5.41) is 3.02. The standard InChI is InChI=1S/C26H35BrN2O3/c1-6-19(5)28-26(31)23(7-2)29(16-20-11-9-8-10-12-20)25(30)17-32-24-14-13-21(18(3)4)15-22(24)27/h8-15,18-19,23H,6-7,16-17H2,1-5H3,(H,28,31)/t19-,23-/m0/s1. The van der Waals surface area contributed by atoms with Gasteiger partial charge in [0.1, 0.15) is 11.8 Å². The molecule has 0 heterocycles. The number of hydrogen-bond donors (Lipinski definition) is 1. The number of rotatable bonds is 11. The van der Waals surface area contributed by atoms with E-state index in [-0.39, 0.29) is 24.5 Å². The monoisotopic (exact) mass is 502 g/mol. The Hall–Kier alpha value is -2.34. The zero-order valence-corrected chi connectivity index (χ0v) is 21.3. The van der Waals surface area contributed by atoms with Crippen LogP contribution in [0.2, 0.25) is 0 Å². The predicted molar refractivity (Wildman–Crippen MR) is 133 cm³/mol. The fourth-order valence-corrected chi connectivity index (χ4v) is 3.87. The Bertz CT molecular complexity index is 886. The van der Waals surface area contributed by atoms with Gasteiger partial charge in [-0.05, 0) is 64.9 Å². The molecule has 1 N–H and O–H groups in total. The van der Waals surface area contributed by atoms with E-state index in [0.717, 1.165) is 16.5 Å². The average molecular weight is 503 g/mol. The third kappa shape index (κ3) is 7.37. The van der Waals surface area contributed by atoms with Crippen LogP contribution in [-0.2, 0) is 16.1 Å². The fourth-order valence-electron chi connectivity index (χ4n) is 3.36. The molecule has 0 saturated carbocycles. The summed E-state index contributed by atoms with van der Waals surface area (Å²) in [5.41, 5.74) is 2.16. The van der Waals surface area contributed by atoms with Crippen LogP contribution in [0.15, 0.2) is 53.0 Å². The Kier molecular flexibility index (Phi) is 10.2. The van der Waals surface area contributed by atoms with Crippen LogP contribution in [0.5, 0.6) is 5.75 Å². The maximum atomic E-state index is 13.3. The van der Waals surface area contributed by atoms with E-state index in [2.05, 4.69) is 35.1 Å². The highest BCUT2D eigenvalue weighted by Crippen LogP contribution is 2.29. The number of carbonyl (C=O) groups excluding carboxylic acids is 2. The van der Waals surface area contributed by atoms with E-state index in [1.807, 2.05) is 69.3 Å². The van der Waals surface area contributed by atoms with Crippen molar-refractivity contribution < 1.29 is 14.3 Å². The number of ether oxygens (including phenoxy) is 1. The second kappa shape index (κ2) is 12.6. The maximum Gasteiger partial charge on any atom is 0.261 e. The topological polar surface area (TPSA) is 58.6 Å². The van der Waals surface area contributed by atoms with Crippen molar-refractivity contribution >= 4 is 27.7 Å². The first kappa shape index (κ1) is 25.9. The number of benzene rings is 2. The summed E-state index contributed by atoms with van der Waals surface area (Å²) in [6.45, 7) is 10.4. The SMILES string of the molecule is CC[C@H](C)NC(=O)[C@H](CC)N(Cc1ccccc1)C(=O)COc1ccc(C(C)C)cc1Br. The van der Waals surface area contributed by atoms with Crippen molar-refractivity contribution in [1.29, 1.82) is 0 Å². The number of carbonyl (C=O) groups is 2. The lowest BCUT2D eigenvalue weighted by atomic mass is 10.0. The first-order valence-electron chi connectivity index (χ1n) is 11.3. The van der Waals surface area contributed by atoms with E-state index in [9.17, 15) is 9.59 Å². The van der Waals surface area contributed by atoms with Crippen molar-refractivity contribution in [2.24, 2.45) is 0 Å². The van der Waals surface area contributed by atoms with Crippen LogP contribution in [0.1, 0.15) is 64.5 Å². The van der Waals surface area contributed by atoms with Crippen LogP contribution in [0, 0.1) is 0 Å². The highest BCUT2D eigenvalue weighted by molar-refractivity contribution is 9.10. The van der Waals surface area contributed by atoms with Crippen LogP contribution >= 0.6 is 15.9 Å². The third-order valence-corrected chi connectivity index (χ3v) is 6.18. The summed E-state index contributed by atoms with van der Waals surface area (Å²) in [4.78, 5) is 27.9. The molecule has 0 radical (unpaired) electrons. The quantitative estimate of drug-likeness (QED) is 0.430. The molecule has 0 saturated heterocycles. The molecule has 5 nitrogen and oxygen atoms in total. The van der Waals surface area contributed by atoms with Crippen molar-refractivity contribution in [3.8, 4) is 5.75 Å². The number of nitrogens with one attached hydrogen (secondary N) is 1. The molecule has 0 aliphatic carbocycles. The Morgan fingerprint density at radius 1 is 1.03 bits per heavy atom. The lowest BCUT2D eigenvalue weighted by Gasteiger charge is -2.31. The van der Waals surface area contributed by atoms with E-state index in [0.29, 0.717) is 24.6 Å². The Balaban J connectivity index is 2.20. The summed E-state index contributed by atoms with van der Waals surface area (Å²) >= 11 is 3.54. The molecule has 32 heavy (non-hydrogen) atoms. The molecule has 2 atom stereocenters. The summed E-state index contributed by atoms with van der Waals surface area (Å²) in [6.07, 6.45) is 1.35. The third-order valence-electron chi connectivity index (χ3n) is 5.56. The lowest BCUT2D eigenvalue weighted by Crippen LogP contribution is -2.51. The normalized spacial score (nSPS) is 12.8. The van der Waals surface area contributed by atoms with Gasteiger partial charge in [-0.15, -0.1) is 0 Å². The van der Waals surface area contributed by atoms with Gasteiger partial charge in [0, 0.05) is 12.6 Å². The molecule has 2 rings (SSSR count). The molecular weight excluding hydrogens is 468 g/mol. The van der Waals surface area contributed by atoms with Crippen LogP contribution in [-0.4, -0.2) is 35.4 Å². The lowest BCUT2D eigenvalue weighted by molar-refractivity contribution is -0.143. The minimum absolute atomic E-state index is 0.0527. The van der Waals surface area contributed by atoms with E-state index in [4.69, 9.17) is 4.74 Å². The van der Waals surface area contributed by atoms with Gasteiger partial charge in [-0.3, -0.25) is 9.59 Å². The average Bonchev–Trinajstić information content (AvgIpc) is 2.78. The molecule has 2 amide bonds. The van der Waals surface area contributed by atoms with Gasteiger partial charge in [-0.2, -0.15) is 0 Å². The molecule has 2 aromatic carbocycles. The molecule has 0 spiro atoms. The van der Waals surface area contributed by atoms with Crippen molar-refractivity contribution in [2.45, 2.75) is 72.0 Å². The van der Waals surface area contributed by atoms with Gasteiger partial charge in [-0.25, -0.2) is 0 Å². The van der Waals surface area contributed by atoms with Crippen LogP contribution in [0.4, 0.5) is 0 Å². The smallest absolute Gasteiger partial charge is 0.261 e. The molecule has 0 aliphatic rings. The van der Waals surface area contributed by atoms with E-state index in [1.165, 1.54) is 5.56 Å². The van der Waals surface area contributed by atoms with Crippen molar-refractivity contribution in [3.05, 3.63) is 64.1 Å². The van der Waals surface area contributed by atoms with E-state index >= 15 is 0 Å². The number of nitrogens with zero attached hydrogens (tertiary/aromatic N) is 1. The Labute approximate surface area is 200 Å². The van der Waals surface area contributed by atoms with Gasteiger partial charge in [0.15, 0.2) is 6.61 Å². The van der Waals surface area contributed by atoms with E-state index < -0.39 is 6.04 Å². The summed E-state index contributed by atoms with van der Waals surface area (Å²) in [7, 11) is 0. The number of hydrogen-bond acceptors (Lipinski definition) is 3. The van der Waals surface area contributed by atoms with E-state index in [1.54, 1.807) is 4.90 Å². The Morgan fingerprint density at radius 3 is 2.28 bits per heavy atom. The molecule has 0 aromatic heterocycles. The molecule has 174 valence electrons. The second-order valence-corrected chi connectivity index (χ2v) is 9.24. The molecule has 2 aromatic rings. The highest BCUT2D eigenvalue weighted by atomic mass is 79.9.